The summed E-state index contributed by atoms with van der Waals surface area (Å²) >= 11 is 1.31. The van der Waals surface area contributed by atoms with Crippen LogP contribution in [0.1, 0.15) is 38.7 Å². The first kappa shape index (κ1) is 22.4. The predicted molar refractivity (Wildman–Crippen MR) is 129 cm³/mol. The molecule has 4 rings (SSSR count). The van der Waals surface area contributed by atoms with E-state index in [0.29, 0.717) is 27.5 Å². The standard InChI is InChI=1S/C25H29N3O3S/c1-16-12-13-22(31-4)21(14-16)28-24(30)19-10-5-6-11-20(19)26-25(28)32-15-23(29)27-17(2)8-7-9-18(27)3/h5-6,10-14,17-18H,7-9,15H2,1-4H3/t17-,18+. The molecule has 168 valence electrons. The van der Waals surface area contributed by atoms with Crippen LogP contribution in [0, 0.1) is 6.92 Å². The van der Waals surface area contributed by atoms with Crippen LogP contribution in [0.4, 0.5) is 0 Å². The van der Waals surface area contributed by atoms with E-state index in [0.717, 1.165) is 24.8 Å². The number of hydrogen-bond donors (Lipinski definition) is 0. The maximum atomic E-state index is 13.5. The van der Waals surface area contributed by atoms with Gasteiger partial charge in [0.05, 0.1) is 29.5 Å². The van der Waals surface area contributed by atoms with Gasteiger partial charge in [0.1, 0.15) is 5.75 Å². The first-order valence-electron chi connectivity index (χ1n) is 11.0. The van der Waals surface area contributed by atoms with E-state index in [2.05, 4.69) is 13.8 Å². The summed E-state index contributed by atoms with van der Waals surface area (Å²) in [5.74, 6) is 0.897. The quantitative estimate of drug-likeness (QED) is 0.420. The van der Waals surface area contributed by atoms with Crippen LogP contribution < -0.4 is 10.3 Å². The maximum Gasteiger partial charge on any atom is 0.266 e. The molecule has 0 N–H and O–H groups in total. The number of nitrogens with zero attached hydrogens (tertiary/aromatic N) is 3. The summed E-state index contributed by atoms with van der Waals surface area (Å²) in [7, 11) is 1.59. The molecule has 0 radical (unpaired) electrons. The monoisotopic (exact) mass is 451 g/mol. The Morgan fingerprint density at radius 3 is 2.59 bits per heavy atom. The van der Waals surface area contributed by atoms with Gasteiger partial charge in [0.2, 0.25) is 5.91 Å². The number of piperidine rings is 1. The molecule has 3 aromatic rings. The summed E-state index contributed by atoms with van der Waals surface area (Å²) in [6.07, 6.45) is 3.21. The van der Waals surface area contributed by atoms with Gasteiger partial charge in [-0.15, -0.1) is 0 Å². The maximum absolute atomic E-state index is 13.5. The zero-order valence-corrected chi connectivity index (χ0v) is 19.8. The van der Waals surface area contributed by atoms with E-state index in [1.165, 1.54) is 11.8 Å². The first-order chi connectivity index (χ1) is 15.4. The fraction of sp³-hybridized carbons (Fsp3) is 0.400. The third-order valence-corrected chi connectivity index (χ3v) is 7.05. The van der Waals surface area contributed by atoms with E-state index >= 15 is 0 Å². The molecule has 0 unspecified atom stereocenters. The molecule has 0 bridgehead atoms. The Kier molecular flexibility index (Phi) is 6.55. The molecule has 0 spiro atoms. The third kappa shape index (κ3) is 4.26. The van der Waals surface area contributed by atoms with Gasteiger partial charge in [0.25, 0.3) is 5.56 Å². The first-order valence-corrected chi connectivity index (χ1v) is 12.0. The molecule has 1 fully saturated rings. The Morgan fingerprint density at radius 1 is 1.16 bits per heavy atom. The number of aryl methyl sites for hydroxylation is 1. The number of carbonyl (C=O) groups is 1. The number of methoxy groups -OCH3 is 1. The summed E-state index contributed by atoms with van der Waals surface area (Å²) in [5.41, 5.74) is 2.08. The van der Waals surface area contributed by atoms with Crippen molar-refractivity contribution in [3.8, 4) is 11.4 Å². The van der Waals surface area contributed by atoms with E-state index in [9.17, 15) is 9.59 Å². The molecular weight excluding hydrogens is 422 g/mol. The van der Waals surface area contributed by atoms with E-state index in [1.807, 2.05) is 48.2 Å². The lowest BCUT2D eigenvalue weighted by molar-refractivity contribution is -0.134. The predicted octanol–water partition coefficient (Wildman–Crippen LogP) is 4.58. The second kappa shape index (κ2) is 9.36. The van der Waals surface area contributed by atoms with Gasteiger partial charge in [-0.2, -0.15) is 0 Å². The fourth-order valence-electron chi connectivity index (χ4n) is 4.51. The van der Waals surface area contributed by atoms with Crippen LogP contribution >= 0.6 is 11.8 Å². The number of likely N-dealkylation sites (tertiary alicyclic amines) is 1. The van der Waals surface area contributed by atoms with Crippen LogP contribution in [0.3, 0.4) is 0 Å². The Labute approximate surface area is 192 Å². The highest BCUT2D eigenvalue weighted by molar-refractivity contribution is 7.99. The van der Waals surface area contributed by atoms with E-state index in [1.54, 1.807) is 17.7 Å². The average molecular weight is 452 g/mol. The second-order valence-corrected chi connectivity index (χ2v) is 9.39. The summed E-state index contributed by atoms with van der Waals surface area (Å²) in [6.45, 7) is 6.19. The molecule has 7 heteroatoms. The molecule has 2 atom stereocenters. The largest absolute Gasteiger partial charge is 0.495 e. The zero-order valence-electron chi connectivity index (χ0n) is 19.0. The van der Waals surface area contributed by atoms with Crippen molar-refractivity contribution in [2.45, 2.75) is 57.3 Å². The zero-order chi connectivity index (χ0) is 22.8. The minimum atomic E-state index is -0.172. The lowest BCUT2D eigenvalue weighted by Crippen LogP contribution is -2.48. The van der Waals surface area contributed by atoms with Gasteiger partial charge < -0.3 is 9.64 Å². The number of aromatic nitrogens is 2. The molecule has 2 heterocycles. The lowest BCUT2D eigenvalue weighted by atomic mass is 9.98. The minimum Gasteiger partial charge on any atom is -0.495 e. The average Bonchev–Trinajstić information content (AvgIpc) is 2.77. The van der Waals surface area contributed by atoms with Crippen LogP contribution in [0.15, 0.2) is 52.4 Å². The van der Waals surface area contributed by atoms with Gasteiger partial charge in [0, 0.05) is 12.1 Å². The number of hydrogen-bond acceptors (Lipinski definition) is 5. The molecule has 1 amide bonds. The van der Waals surface area contributed by atoms with Gasteiger partial charge in [-0.05, 0) is 69.9 Å². The number of thioether (sulfide) groups is 1. The van der Waals surface area contributed by atoms with E-state index < -0.39 is 0 Å². The number of benzene rings is 2. The van der Waals surface area contributed by atoms with Crippen molar-refractivity contribution in [3.63, 3.8) is 0 Å². The topological polar surface area (TPSA) is 64.4 Å². The molecule has 32 heavy (non-hydrogen) atoms. The van der Waals surface area contributed by atoms with Crippen molar-refractivity contribution < 1.29 is 9.53 Å². The molecule has 0 saturated carbocycles. The number of carbonyl (C=O) groups excluding carboxylic acids is 1. The molecule has 0 aliphatic carbocycles. The Hall–Kier alpha value is -2.80. The number of rotatable bonds is 5. The third-order valence-electron chi connectivity index (χ3n) is 6.13. The smallest absolute Gasteiger partial charge is 0.266 e. The highest BCUT2D eigenvalue weighted by Crippen LogP contribution is 2.29. The number of ether oxygens (including phenoxy) is 1. The van der Waals surface area contributed by atoms with E-state index in [4.69, 9.17) is 9.72 Å². The van der Waals surface area contributed by atoms with Gasteiger partial charge in [-0.1, -0.05) is 30.0 Å². The molecule has 1 saturated heterocycles. The van der Waals surface area contributed by atoms with Crippen molar-refractivity contribution in [2.24, 2.45) is 0 Å². The lowest BCUT2D eigenvalue weighted by Gasteiger charge is -2.39. The summed E-state index contributed by atoms with van der Waals surface area (Å²) in [4.78, 5) is 33.4. The van der Waals surface area contributed by atoms with Gasteiger partial charge in [0.15, 0.2) is 5.16 Å². The highest BCUT2D eigenvalue weighted by Gasteiger charge is 2.29. The second-order valence-electron chi connectivity index (χ2n) is 8.45. The SMILES string of the molecule is COc1ccc(C)cc1-n1c(SCC(=O)N2[C@H](C)CCC[C@@H]2C)nc2ccccc2c1=O. The Bertz CT molecular complexity index is 1200. The molecule has 2 aromatic carbocycles. The van der Waals surface area contributed by atoms with Crippen LogP contribution in [0.25, 0.3) is 16.6 Å². The summed E-state index contributed by atoms with van der Waals surface area (Å²) in [6, 6.07) is 13.5. The van der Waals surface area contributed by atoms with Crippen molar-refractivity contribution in [1.82, 2.24) is 14.5 Å². The molecule has 1 aliphatic rings. The Morgan fingerprint density at radius 2 is 1.88 bits per heavy atom. The minimum absolute atomic E-state index is 0.0832. The fourth-order valence-corrected chi connectivity index (χ4v) is 5.38. The van der Waals surface area contributed by atoms with E-state index in [-0.39, 0.29) is 29.3 Å². The number of fused-ring (bicyclic) bond motifs is 1. The number of para-hydroxylation sites is 1. The van der Waals surface area contributed by atoms with Crippen LogP contribution in [-0.2, 0) is 4.79 Å². The van der Waals surface area contributed by atoms with Crippen molar-refractivity contribution in [2.75, 3.05) is 12.9 Å². The Balaban J connectivity index is 1.77. The van der Waals surface area contributed by atoms with Gasteiger partial charge >= 0.3 is 0 Å². The molecule has 1 aromatic heterocycles. The van der Waals surface area contributed by atoms with Crippen molar-refractivity contribution in [3.05, 3.63) is 58.4 Å². The van der Waals surface area contributed by atoms with Crippen LogP contribution in [0.2, 0.25) is 0 Å². The number of amides is 1. The van der Waals surface area contributed by atoms with Crippen molar-refractivity contribution in [1.29, 1.82) is 0 Å². The van der Waals surface area contributed by atoms with Crippen LogP contribution in [0.5, 0.6) is 5.75 Å². The van der Waals surface area contributed by atoms with Crippen LogP contribution in [-0.4, -0.2) is 45.3 Å². The van der Waals surface area contributed by atoms with Gasteiger partial charge in [-0.3, -0.25) is 14.2 Å². The molecule has 6 nitrogen and oxygen atoms in total. The van der Waals surface area contributed by atoms with Crippen molar-refractivity contribution >= 4 is 28.6 Å². The molecule has 1 aliphatic heterocycles. The van der Waals surface area contributed by atoms with Gasteiger partial charge in [-0.25, -0.2) is 4.98 Å². The normalized spacial score (nSPS) is 18.7. The molecular formula is C25H29N3O3S. The summed E-state index contributed by atoms with van der Waals surface area (Å²) in [5, 5.41) is 1.02. The summed E-state index contributed by atoms with van der Waals surface area (Å²) < 4.78 is 7.13. The highest BCUT2D eigenvalue weighted by atomic mass is 32.2.